The Labute approximate surface area is 135 Å². The lowest BCUT2D eigenvalue weighted by Gasteiger charge is -2.20. The fourth-order valence-corrected chi connectivity index (χ4v) is 2.46. The molecule has 0 aliphatic carbocycles. The van der Waals surface area contributed by atoms with Crippen LogP contribution >= 0.6 is 0 Å². The van der Waals surface area contributed by atoms with E-state index in [1.165, 1.54) is 0 Å². The summed E-state index contributed by atoms with van der Waals surface area (Å²) >= 11 is 0. The molecule has 1 aromatic heterocycles. The molecule has 1 amide bonds. The molecule has 23 heavy (non-hydrogen) atoms. The Morgan fingerprint density at radius 1 is 1.35 bits per heavy atom. The molecule has 0 saturated carbocycles. The first-order valence-corrected chi connectivity index (χ1v) is 7.77. The van der Waals surface area contributed by atoms with Crippen LogP contribution in [0, 0.1) is 0 Å². The second-order valence-corrected chi connectivity index (χ2v) is 5.92. The minimum atomic E-state index is -0.620. The number of carbonyl (C=O) groups excluding carboxylic acids is 1. The molecular formula is C17H21N3O3. The fraction of sp³-hybridized carbons (Fsp3) is 0.412. The van der Waals surface area contributed by atoms with Crippen LogP contribution in [0.15, 0.2) is 30.6 Å². The molecular weight excluding hydrogens is 294 g/mol. The molecule has 1 aliphatic heterocycles. The van der Waals surface area contributed by atoms with Crippen molar-refractivity contribution < 1.29 is 14.3 Å². The number of amides is 1. The van der Waals surface area contributed by atoms with Crippen LogP contribution in [0.2, 0.25) is 0 Å². The van der Waals surface area contributed by atoms with Crippen LogP contribution in [0.3, 0.4) is 0 Å². The van der Waals surface area contributed by atoms with E-state index >= 15 is 0 Å². The highest BCUT2D eigenvalue weighted by atomic mass is 16.7. The van der Waals surface area contributed by atoms with Crippen LogP contribution in [-0.4, -0.2) is 21.5 Å². The van der Waals surface area contributed by atoms with E-state index in [0.29, 0.717) is 30.0 Å². The van der Waals surface area contributed by atoms with Crippen LogP contribution in [0.1, 0.15) is 32.3 Å². The standard InChI is InChI=1S/C17H21N3O3/c1-4-17(2)22-14-7-6-13(9-15(14)23-17)19-16(21)8-5-12-10-18-20(3)11-12/h6-7,9-11H,4-5,8H2,1-3H3,(H,19,21)/t17-/m0/s1. The molecule has 0 radical (unpaired) electrons. The Morgan fingerprint density at radius 2 is 2.13 bits per heavy atom. The smallest absolute Gasteiger partial charge is 0.248 e. The van der Waals surface area contributed by atoms with E-state index in [2.05, 4.69) is 10.4 Å². The van der Waals surface area contributed by atoms with E-state index in [9.17, 15) is 4.79 Å². The topological polar surface area (TPSA) is 65.4 Å². The number of hydrogen-bond donors (Lipinski definition) is 1. The average molecular weight is 315 g/mol. The van der Waals surface area contributed by atoms with E-state index in [1.807, 2.05) is 39.2 Å². The Hall–Kier alpha value is -2.50. The van der Waals surface area contributed by atoms with Crippen molar-refractivity contribution in [2.24, 2.45) is 7.05 Å². The second kappa shape index (κ2) is 5.95. The maximum absolute atomic E-state index is 12.1. The first-order chi connectivity index (χ1) is 11.0. The molecule has 1 aliphatic rings. The van der Waals surface area contributed by atoms with Crippen LogP contribution in [0.4, 0.5) is 5.69 Å². The molecule has 0 saturated heterocycles. The van der Waals surface area contributed by atoms with Crippen LogP contribution in [0.5, 0.6) is 11.5 Å². The van der Waals surface area contributed by atoms with Crippen molar-refractivity contribution in [1.82, 2.24) is 9.78 Å². The van der Waals surface area contributed by atoms with Gasteiger partial charge in [0.2, 0.25) is 11.7 Å². The number of aromatic nitrogens is 2. The van der Waals surface area contributed by atoms with E-state index in [-0.39, 0.29) is 5.91 Å². The van der Waals surface area contributed by atoms with Gasteiger partial charge in [0.15, 0.2) is 11.5 Å². The number of benzene rings is 1. The van der Waals surface area contributed by atoms with E-state index < -0.39 is 5.79 Å². The number of rotatable bonds is 5. The van der Waals surface area contributed by atoms with Crippen LogP contribution in [0.25, 0.3) is 0 Å². The molecule has 1 atom stereocenters. The summed E-state index contributed by atoms with van der Waals surface area (Å²) in [6.07, 6.45) is 5.51. The lowest BCUT2D eigenvalue weighted by Crippen LogP contribution is -2.33. The van der Waals surface area contributed by atoms with Crippen molar-refractivity contribution in [3.05, 3.63) is 36.2 Å². The third-order valence-corrected chi connectivity index (χ3v) is 3.92. The summed E-state index contributed by atoms with van der Waals surface area (Å²) in [5, 5.41) is 6.99. The van der Waals surface area contributed by atoms with Gasteiger partial charge in [0.25, 0.3) is 0 Å². The van der Waals surface area contributed by atoms with Gasteiger partial charge in [0.05, 0.1) is 6.20 Å². The molecule has 6 heteroatoms. The zero-order chi connectivity index (χ0) is 16.4. The van der Waals surface area contributed by atoms with Crippen LogP contribution in [-0.2, 0) is 18.3 Å². The van der Waals surface area contributed by atoms with Gasteiger partial charge < -0.3 is 14.8 Å². The number of hydrogen-bond acceptors (Lipinski definition) is 4. The molecule has 0 fully saturated rings. The number of ether oxygens (including phenoxy) is 2. The molecule has 2 aromatic rings. The van der Waals surface area contributed by atoms with E-state index in [4.69, 9.17) is 9.47 Å². The highest BCUT2D eigenvalue weighted by Crippen LogP contribution is 2.42. The largest absolute Gasteiger partial charge is 0.449 e. The zero-order valence-corrected chi connectivity index (χ0v) is 13.6. The van der Waals surface area contributed by atoms with Gasteiger partial charge in [-0.3, -0.25) is 9.48 Å². The summed E-state index contributed by atoms with van der Waals surface area (Å²) in [6.45, 7) is 3.91. The lowest BCUT2D eigenvalue weighted by atomic mass is 10.2. The summed E-state index contributed by atoms with van der Waals surface area (Å²) in [4.78, 5) is 12.1. The zero-order valence-electron chi connectivity index (χ0n) is 13.6. The molecule has 122 valence electrons. The first kappa shape index (κ1) is 15.4. The maximum Gasteiger partial charge on any atom is 0.248 e. The summed E-state index contributed by atoms with van der Waals surface area (Å²) in [5.74, 6) is 0.721. The van der Waals surface area contributed by atoms with Gasteiger partial charge in [-0.2, -0.15) is 5.10 Å². The molecule has 1 N–H and O–H groups in total. The molecule has 0 bridgehead atoms. The van der Waals surface area contributed by atoms with Gasteiger partial charge in [0.1, 0.15) is 0 Å². The maximum atomic E-state index is 12.1. The van der Waals surface area contributed by atoms with Crippen molar-refractivity contribution in [1.29, 1.82) is 0 Å². The van der Waals surface area contributed by atoms with Crippen molar-refractivity contribution >= 4 is 11.6 Å². The van der Waals surface area contributed by atoms with Gasteiger partial charge in [-0.05, 0) is 24.1 Å². The fourth-order valence-electron chi connectivity index (χ4n) is 2.46. The van der Waals surface area contributed by atoms with Gasteiger partial charge in [0, 0.05) is 44.8 Å². The van der Waals surface area contributed by atoms with Crippen molar-refractivity contribution in [2.75, 3.05) is 5.32 Å². The van der Waals surface area contributed by atoms with Gasteiger partial charge in [-0.1, -0.05) is 6.92 Å². The molecule has 1 aromatic carbocycles. The van der Waals surface area contributed by atoms with Crippen molar-refractivity contribution in [2.45, 2.75) is 38.9 Å². The Balaban J connectivity index is 1.59. The first-order valence-electron chi connectivity index (χ1n) is 7.77. The highest BCUT2D eigenvalue weighted by molar-refractivity contribution is 5.91. The Bertz CT molecular complexity index is 726. The van der Waals surface area contributed by atoms with Crippen molar-refractivity contribution in [3.8, 4) is 11.5 Å². The number of carbonyl (C=O) groups is 1. The van der Waals surface area contributed by atoms with Gasteiger partial charge >= 0.3 is 0 Å². The second-order valence-electron chi connectivity index (χ2n) is 5.92. The predicted octanol–water partition coefficient (Wildman–Crippen LogP) is 2.89. The normalized spacial score (nSPS) is 18.9. The highest BCUT2D eigenvalue weighted by Gasteiger charge is 2.34. The monoisotopic (exact) mass is 315 g/mol. The quantitative estimate of drug-likeness (QED) is 0.921. The number of nitrogens with zero attached hydrogens (tertiary/aromatic N) is 2. The Kier molecular flexibility index (Phi) is 3.98. The SMILES string of the molecule is CC[C@@]1(C)Oc2ccc(NC(=O)CCc3cnn(C)c3)cc2O1. The molecule has 0 spiro atoms. The minimum absolute atomic E-state index is 0.0361. The van der Waals surface area contributed by atoms with Gasteiger partial charge in [-0.15, -0.1) is 0 Å². The third kappa shape index (κ3) is 3.47. The van der Waals surface area contributed by atoms with Crippen LogP contribution < -0.4 is 14.8 Å². The summed E-state index contributed by atoms with van der Waals surface area (Å²) < 4.78 is 13.3. The number of nitrogens with one attached hydrogen (secondary N) is 1. The third-order valence-electron chi connectivity index (χ3n) is 3.92. The summed E-state index contributed by atoms with van der Waals surface area (Å²) in [5.41, 5.74) is 1.76. The number of fused-ring (bicyclic) bond motifs is 1. The number of anilines is 1. The van der Waals surface area contributed by atoms with Gasteiger partial charge in [-0.25, -0.2) is 0 Å². The summed E-state index contributed by atoms with van der Waals surface area (Å²) in [7, 11) is 1.86. The van der Waals surface area contributed by atoms with Crippen molar-refractivity contribution in [3.63, 3.8) is 0 Å². The van der Waals surface area contributed by atoms with E-state index in [0.717, 1.165) is 12.0 Å². The number of aryl methyl sites for hydroxylation is 2. The predicted molar refractivity (Wildman–Crippen MR) is 86.6 cm³/mol. The molecule has 0 unspecified atom stereocenters. The average Bonchev–Trinajstić information content (AvgIpc) is 3.08. The molecule has 6 nitrogen and oxygen atoms in total. The molecule has 3 rings (SSSR count). The Morgan fingerprint density at radius 3 is 2.83 bits per heavy atom. The lowest BCUT2D eigenvalue weighted by molar-refractivity contribution is -0.116. The van der Waals surface area contributed by atoms with E-state index in [1.54, 1.807) is 16.9 Å². The summed E-state index contributed by atoms with van der Waals surface area (Å²) in [6, 6.07) is 5.46. The molecule has 2 heterocycles. The minimum Gasteiger partial charge on any atom is -0.449 e.